The van der Waals surface area contributed by atoms with Crippen LogP contribution in [0, 0.1) is 5.82 Å². The number of rotatable bonds is 5. The monoisotopic (exact) mass is 357 g/mol. The summed E-state index contributed by atoms with van der Waals surface area (Å²) < 4.78 is 13.0. The van der Waals surface area contributed by atoms with Gasteiger partial charge in [0.1, 0.15) is 12.4 Å². The molecule has 0 aliphatic carbocycles. The highest BCUT2D eigenvalue weighted by atomic mass is 19.1. The second-order valence-electron chi connectivity index (χ2n) is 5.75. The van der Waals surface area contributed by atoms with E-state index in [1.54, 1.807) is 12.1 Å². The van der Waals surface area contributed by atoms with E-state index in [1.807, 2.05) is 0 Å². The van der Waals surface area contributed by atoms with E-state index < -0.39 is 23.8 Å². The summed E-state index contributed by atoms with van der Waals surface area (Å²) in [4.78, 5) is 36.5. The molecule has 0 unspecified atom stereocenters. The summed E-state index contributed by atoms with van der Waals surface area (Å²) in [7, 11) is 0. The predicted octanol–water partition coefficient (Wildman–Crippen LogP) is 1.35. The van der Waals surface area contributed by atoms with Gasteiger partial charge < -0.3 is 10.4 Å². The lowest BCUT2D eigenvalue weighted by atomic mass is 10.1. The number of carbonyl (C=O) groups is 3. The van der Waals surface area contributed by atoms with Crippen LogP contribution in [0.15, 0.2) is 48.5 Å². The molecule has 1 fully saturated rings. The number of hydrogen-bond acceptors (Lipinski definition) is 4. The zero-order valence-corrected chi connectivity index (χ0v) is 13.6. The number of aliphatic hydroxyl groups excluding tert-OH is 1. The van der Waals surface area contributed by atoms with Crippen LogP contribution in [0.3, 0.4) is 0 Å². The molecule has 3 rings (SSSR count). The summed E-state index contributed by atoms with van der Waals surface area (Å²) in [5, 5.41) is 14.3. The van der Waals surface area contributed by atoms with E-state index in [-0.39, 0.29) is 19.1 Å². The molecule has 2 aromatic carbocycles. The quantitative estimate of drug-likeness (QED) is 0.704. The third kappa shape index (κ3) is 3.70. The smallest absolute Gasteiger partial charge is 0.329 e. The van der Waals surface area contributed by atoms with Gasteiger partial charge in [-0.2, -0.15) is 0 Å². The Morgan fingerprint density at radius 2 is 1.81 bits per heavy atom. The highest BCUT2D eigenvalue weighted by molar-refractivity contribution is 6.12. The molecule has 7 nitrogen and oxygen atoms in total. The number of anilines is 1. The fraction of sp³-hybridized carbons (Fsp3) is 0.167. The molecule has 1 atom stereocenters. The number of aliphatic hydroxyl groups is 1. The van der Waals surface area contributed by atoms with Crippen LogP contribution in [0.25, 0.3) is 0 Å². The number of amides is 4. The van der Waals surface area contributed by atoms with Crippen molar-refractivity contribution in [1.29, 1.82) is 0 Å². The molecule has 4 amide bonds. The summed E-state index contributed by atoms with van der Waals surface area (Å²) >= 11 is 0. The first-order valence-corrected chi connectivity index (χ1v) is 7.86. The van der Waals surface area contributed by atoms with Crippen LogP contribution in [-0.4, -0.2) is 36.1 Å². The van der Waals surface area contributed by atoms with Gasteiger partial charge in [-0.25, -0.2) is 9.18 Å². The molecule has 134 valence electrons. The lowest BCUT2D eigenvalue weighted by molar-refractivity contribution is -0.117. The van der Waals surface area contributed by atoms with Gasteiger partial charge in [0.15, 0.2) is 0 Å². The van der Waals surface area contributed by atoms with Crippen molar-refractivity contribution in [3.8, 4) is 0 Å². The minimum absolute atomic E-state index is 0.0679. The molecule has 1 aliphatic rings. The molecule has 2 aromatic rings. The third-order valence-corrected chi connectivity index (χ3v) is 3.99. The van der Waals surface area contributed by atoms with E-state index in [0.717, 1.165) is 0 Å². The maximum atomic E-state index is 13.0. The van der Waals surface area contributed by atoms with Crippen LogP contribution >= 0.6 is 0 Å². The minimum Gasteiger partial charge on any atom is -0.394 e. The van der Waals surface area contributed by atoms with E-state index in [1.165, 1.54) is 41.3 Å². The molecule has 0 aromatic heterocycles. The highest BCUT2D eigenvalue weighted by Gasteiger charge is 2.28. The fourth-order valence-corrected chi connectivity index (χ4v) is 2.61. The average Bonchev–Trinajstić information content (AvgIpc) is 2.98. The van der Waals surface area contributed by atoms with E-state index in [4.69, 9.17) is 0 Å². The van der Waals surface area contributed by atoms with Gasteiger partial charge in [-0.3, -0.25) is 19.8 Å². The molecule has 3 N–H and O–H groups in total. The second kappa shape index (κ2) is 7.32. The first kappa shape index (κ1) is 17.6. The lowest BCUT2D eigenvalue weighted by Gasteiger charge is -2.17. The molecule has 0 radical (unpaired) electrons. The number of halogens is 1. The first-order valence-electron chi connectivity index (χ1n) is 7.86. The molecule has 26 heavy (non-hydrogen) atoms. The van der Waals surface area contributed by atoms with Crippen molar-refractivity contribution < 1.29 is 23.9 Å². The van der Waals surface area contributed by atoms with Gasteiger partial charge in [-0.15, -0.1) is 0 Å². The maximum absolute atomic E-state index is 13.0. The minimum atomic E-state index is -0.676. The van der Waals surface area contributed by atoms with Gasteiger partial charge in [0.2, 0.25) is 5.91 Å². The van der Waals surface area contributed by atoms with Gasteiger partial charge in [-0.1, -0.05) is 12.1 Å². The Balaban J connectivity index is 1.70. The number of nitrogens with zero attached hydrogens (tertiary/aromatic N) is 1. The lowest BCUT2D eigenvalue weighted by Crippen LogP contribution is -2.31. The fourth-order valence-electron chi connectivity index (χ4n) is 2.61. The molecule has 0 saturated carbocycles. The number of imide groups is 1. The number of urea groups is 1. The maximum Gasteiger partial charge on any atom is 0.329 e. The van der Waals surface area contributed by atoms with Gasteiger partial charge in [0.05, 0.1) is 12.6 Å². The van der Waals surface area contributed by atoms with Crippen LogP contribution in [0.1, 0.15) is 22.0 Å². The number of carbonyl (C=O) groups excluding carboxylic acids is 3. The Kier molecular flexibility index (Phi) is 4.94. The SMILES string of the molecule is O=C1CN(c2ccc(C(=O)N[C@H](CO)c3ccc(F)cc3)cc2)C(=O)N1. The standard InChI is InChI=1S/C18H16FN3O4/c19-13-5-1-11(2-6-13)15(10-23)20-17(25)12-3-7-14(8-4-12)22-9-16(24)21-18(22)26/h1-8,15,23H,9-10H2,(H,20,25)(H,21,24,26)/t15-/m1/s1. The number of benzene rings is 2. The van der Waals surface area contributed by atoms with E-state index in [0.29, 0.717) is 16.8 Å². The Morgan fingerprint density at radius 3 is 2.35 bits per heavy atom. The highest BCUT2D eigenvalue weighted by Crippen LogP contribution is 2.19. The van der Waals surface area contributed by atoms with E-state index >= 15 is 0 Å². The Hall–Kier alpha value is -3.26. The molecular formula is C18H16FN3O4. The summed E-state index contributed by atoms with van der Waals surface area (Å²) in [5.74, 6) is -1.22. The molecule has 1 saturated heterocycles. The number of hydrogen-bond donors (Lipinski definition) is 3. The van der Waals surface area contributed by atoms with E-state index in [9.17, 15) is 23.9 Å². The molecule has 0 spiro atoms. The largest absolute Gasteiger partial charge is 0.394 e. The molecule has 1 aliphatic heterocycles. The zero-order valence-electron chi connectivity index (χ0n) is 13.6. The van der Waals surface area contributed by atoms with Crippen molar-refractivity contribution in [3.05, 3.63) is 65.5 Å². The first-order chi connectivity index (χ1) is 12.5. The Labute approximate surface area is 148 Å². The van der Waals surface area contributed by atoms with Crippen molar-refractivity contribution >= 4 is 23.5 Å². The normalized spacial score (nSPS) is 14.9. The third-order valence-electron chi connectivity index (χ3n) is 3.99. The Morgan fingerprint density at radius 1 is 1.15 bits per heavy atom. The van der Waals surface area contributed by atoms with Crippen LogP contribution in [0.5, 0.6) is 0 Å². The van der Waals surface area contributed by atoms with Crippen molar-refractivity contribution in [3.63, 3.8) is 0 Å². The molecule has 8 heteroatoms. The molecule has 1 heterocycles. The van der Waals surface area contributed by atoms with Gasteiger partial charge in [-0.05, 0) is 42.0 Å². The summed E-state index contributed by atoms with van der Waals surface area (Å²) in [6.07, 6.45) is 0. The van der Waals surface area contributed by atoms with Crippen molar-refractivity contribution in [1.82, 2.24) is 10.6 Å². The van der Waals surface area contributed by atoms with Crippen LogP contribution in [0.4, 0.5) is 14.9 Å². The van der Waals surface area contributed by atoms with Crippen molar-refractivity contribution in [2.75, 3.05) is 18.1 Å². The van der Waals surface area contributed by atoms with Gasteiger partial charge in [0, 0.05) is 11.3 Å². The van der Waals surface area contributed by atoms with Crippen LogP contribution in [0.2, 0.25) is 0 Å². The average molecular weight is 357 g/mol. The van der Waals surface area contributed by atoms with Crippen molar-refractivity contribution in [2.24, 2.45) is 0 Å². The van der Waals surface area contributed by atoms with Crippen molar-refractivity contribution in [2.45, 2.75) is 6.04 Å². The van der Waals surface area contributed by atoms with Gasteiger partial charge >= 0.3 is 6.03 Å². The van der Waals surface area contributed by atoms with Crippen LogP contribution < -0.4 is 15.5 Å². The zero-order chi connectivity index (χ0) is 18.7. The Bertz CT molecular complexity index is 837. The van der Waals surface area contributed by atoms with Crippen LogP contribution in [-0.2, 0) is 4.79 Å². The summed E-state index contributed by atoms with van der Waals surface area (Å²) in [5.41, 5.74) is 1.38. The second-order valence-corrected chi connectivity index (χ2v) is 5.75. The van der Waals surface area contributed by atoms with Gasteiger partial charge in [0.25, 0.3) is 5.91 Å². The summed E-state index contributed by atoms with van der Waals surface area (Å²) in [6.45, 7) is -0.410. The predicted molar refractivity (Wildman–Crippen MR) is 91.0 cm³/mol. The molecular weight excluding hydrogens is 341 g/mol. The number of nitrogens with one attached hydrogen (secondary N) is 2. The summed E-state index contributed by atoms with van der Waals surface area (Å²) in [6, 6.07) is 10.4. The molecule has 0 bridgehead atoms. The topological polar surface area (TPSA) is 98.7 Å². The van der Waals surface area contributed by atoms with E-state index in [2.05, 4.69) is 10.6 Å².